The standard InChI is InChI=1S/C16H21BrO3/c1-3-4-5-6-11-16(2)19-14(15(18)20-16)12-7-9-13(17)10-8-12/h7-10,14H,3-6,11H2,1-2H3/t14?,16-/m0/s1. The number of unbranched alkanes of at least 4 members (excludes halogenated alkanes) is 3. The molecule has 0 aromatic heterocycles. The summed E-state index contributed by atoms with van der Waals surface area (Å²) in [4.78, 5) is 12.0. The van der Waals surface area contributed by atoms with Crippen molar-refractivity contribution in [2.75, 3.05) is 0 Å². The second-order valence-corrected chi connectivity index (χ2v) is 6.33. The Morgan fingerprint density at radius 3 is 2.55 bits per heavy atom. The number of halogens is 1. The topological polar surface area (TPSA) is 35.5 Å². The molecule has 110 valence electrons. The molecular weight excluding hydrogens is 320 g/mol. The van der Waals surface area contributed by atoms with Crippen molar-refractivity contribution >= 4 is 21.9 Å². The summed E-state index contributed by atoms with van der Waals surface area (Å²) in [5.41, 5.74) is 0.843. The Bertz CT molecular complexity index is 457. The fraction of sp³-hybridized carbons (Fsp3) is 0.562. The molecule has 2 rings (SSSR count). The highest BCUT2D eigenvalue weighted by atomic mass is 79.9. The Morgan fingerprint density at radius 2 is 1.90 bits per heavy atom. The summed E-state index contributed by atoms with van der Waals surface area (Å²) in [5.74, 6) is -1.06. The first-order chi connectivity index (χ1) is 9.54. The zero-order chi connectivity index (χ0) is 14.6. The fourth-order valence-corrected chi connectivity index (χ4v) is 2.68. The van der Waals surface area contributed by atoms with Gasteiger partial charge in [0.2, 0.25) is 5.79 Å². The van der Waals surface area contributed by atoms with E-state index >= 15 is 0 Å². The van der Waals surface area contributed by atoms with E-state index in [0.717, 1.165) is 29.3 Å². The lowest BCUT2D eigenvalue weighted by molar-refractivity contribution is -0.172. The van der Waals surface area contributed by atoms with Gasteiger partial charge in [-0.25, -0.2) is 4.79 Å². The first kappa shape index (κ1) is 15.5. The predicted octanol–water partition coefficient (Wildman–Crippen LogP) is 4.75. The van der Waals surface area contributed by atoms with Crippen molar-refractivity contribution in [2.24, 2.45) is 0 Å². The zero-order valence-corrected chi connectivity index (χ0v) is 13.6. The minimum absolute atomic E-state index is 0.287. The maximum Gasteiger partial charge on any atom is 0.342 e. The SMILES string of the molecule is CCCCCC[C@]1(C)OC(=O)C(c2ccc(Br)cc2)O1. The lowest BCUT2D eigenvalue weighted by atomic mass is 10.1. The number of carbonyl (C=O) groups excluding carboxylic acids is 1. The molecule has 0 amide bonds. The van der Waals surface area contributed by atoms with Gasteiger partial charge in [0.05, 0.1) is 0 Å². The second kappa shape index (κ2) is 6.72. The molecule has 2 atom stereocenters. The number of hydrogen-bond acceptors (Lipinski definition) is 3. The highest BCUT2D eigenvalue weighted by Crippen LogP contribution is 2.37. The molecule has 1 aliphatic rings. The summed E-state index contributed by atoms with van der Waals surface area (Å²) >= 11 is 3.38. The molecule has 1 heterocycles. The molecule has 1 aromatic rings. The minimum atomic E-state index is -0.775. The van der Waals surface area contributed by atoms with Crippen molar-refractivity contribution in [3.8, 4) is 0 Å². The molecule has 0 N–H and O–H groups in total. The molecular formula is C16H21BrO3. The Balaban J connectivity index is 1.97. The molecule has 0 bridgehead atoms. The van der Waals surface area contributed by atoms with E-state index in [0.29, 0.717) is 0 Å². The third kappa shape index (κ3) is 3.83. The molecule has 20 heavy (non-hydrogen) atoms. The van der Waals surface area contributed by atoms with Crippen LogP contribution in [-0.2, 0) is 14.3 Å². The van der Waals surface area contributed by atoms with Crippen molar-refractivity contribution in [3.63, 3.8) is 0 Å². The third-order valence-electron chi connectivity index (χ3n) is 3.55. The third-order valence-corrected chi connectivity index (χ3v) is 4.08. The smallest absolute Gasteiger partial charge is 0.342 e. The van der Waals surface area contributed by atoms with Gasteiger partial charge in [-0.05, 0) is 24.1 Å². The lowest BCUT2D eigenvalue weighted by Crippen LogP contribution is -2.25. The van der Waals surface area contributed by atoms with E-state index in [1.54, 1.807) is 0 Å². The highest BCUT2D eigenvalue weighted by Gasteiger charge is 2.44. The second-order valence-electron chi connectivity index (χ2n) is 5.42. The van der Waals surface area contributed by atoms with E-state index < -0.39 is 11.9 Å². The van der Waals surface area contributed by atoms with Crippen LogP contribution >= 0.6 is 15.9 Å². The van der Waals surface area contributed by atoms with Crippen LogP contribution in [0.1, 0.15) is 57.6 Å². The average molecular weight is 341 g/mol. The van der Waals surface area contributed by atoms with Crippen LogP contribution in [-0.4, -0.2) is 11.8 Å². The van der Waals surface area contributed by atoms with Gasteiger partial charge in [-0.15, -0.1) is 0 Å². The van der Waals surface area contributed by atoms with Crippen LogP contribution in [0.3, 0.4) is 0 Å². The van der Waals surface area contributed by atoms with Gasteiger partial charge in [0, 0.05) is 17.8 Å². The van der Waals surface area contributed by atoms with Crippen LogP contribution in [0.5, 0.6) is 0 Å². The van der Waals surface area contributed by atoms with Gasteiger partial charge in [-0.2, -0.15) is 0 Å². The van der Waals surface area contributed by atoms with Gasteiger partial charge in [-0.3, -0.25) is 0 Å². The summed E-state index contributed by atoms with van der Waals surface area (Å²) in [6, 6.07) is 7.59. The Hall–Kier alpha value is -0.870. The maximum atomic E-state index is 12.0. The number of esters is 1. The minimum Gasteiger partial charge on any atom is -0.431 e. The Labute approximate surface area is 128 Å². The number of rotatable bonds is 6. The molecule has 0 spiro atoms. The summed E-state index contributed by atoms with van der Waals surface area (Å²) in [6.45, 7) is 4.03. The summed E-state index contributed by atoms with van der Waals surface area (Å²) in [7, 11) is 0. The Kier molecular flexibility index (Phi) is 5.22. The number of hydrogen-bond donors (Lipinski definition) is 0. The van der Waals surface area contributed by atoms with E-state index in [2.05, 4.69) is 22.9 Å². The molecule has 3 nitrogen and oxygen atoms in total. The van der Waals surface area contributed by atoms with Crippen LogP contribution in [0.2, 0.25) is 0 Å². The predicted molar refractivity (Wildman–Crippen MR) is 81.2 cm³/mol. The van der Waals surface area contributed by atoms with Gasteiger partial charge in [-0.1, -0.05) is 54.2 Å². The van der Waals surface area contributed by atoms with Crippen molar-refractivity contribution in [2.45, 2.75) is 57.8 Å². The largest absolute Gasteiger partial charge is 0.431 e. The molecule has 0 radical (unpaired) electrons. The van der Waals surface area contributed by atoms with Crippen molar-refractivity contribution < 1.29 is 14.3 Å². The van der Waals surface area contributed by atoms with Gasteiger partial charge in [0.1, 0.15) is 0 Å². The first-order valence-electron chi connectivity index (χ1n) is 7.20. The molecule has 1 aromatic carbocycles. The number of cyclic esters (lactones) is 1. The number of carbonyl (C=O) groups is 1. The highest BCUT2D eigenvalue weighted by molar-refractivity contribution is 9.10. The van der Waals surface area contributed by atoms with E-state index in [1.807, 2.05) is 31.2 Å². The van der Waals surface area contributed by atoms with E-state index in [9.17, 15) is 4.79 Å². The van der Waals surface area contributed by atoms with Gasteiger partial charge in [0.25, 0.3) is 0 Å². The Morgan fingerprint density at radius 1 is 1.20 bits per heavy atom. The molecule has 1 unspecified atom stereocenters. The lowest BCUT2D eigenvalue weighted by Gasteiger charge is -2.21. The summed E-state index contributed by atoms with van der Waals surface area (Å²) in [6.07, 6.45) is 4.73. The average Bonchev–Trinajstić information content (AvgIpc) is 2.72. The fourth-order valence-electron chi connectivity index (χ4n) is 2.41. The molecule has 1 saturated heterocycles. The number of benzene rings is 1. The monoisotopic (exact) mass is 340 g/mol. The molecule has 0 saturated carbocycles. The maximum absolute atomic E-state index is 12.0. The van der Waals surface area contributed by atoms with Crippen LogP contribution in [0, 0.1) is 0 Å². The van der Waals surface area contributed by atoms with E-state index in [-0.39, 0.29) is 5.97 Å². The molecule has 1 fully saturated rings. The van der Waals surface area contributed by atoms with E-state index in [1.165, 1.54) is 12.8 Å². The van der Waals surface area contributed by atoms with Crippen LogP contribution in [0.15, 0.2) is 28.7 Å². The van der Waals surface area contributed by atoms with Gasteiger partial charge >= 0.3 is 5.97 Å². The summed E-state index contributed by atoms with van der Waals surface area (Å²) in [5, 5.41) is 0. The van der Waals surface area contributed by atoms with Crippen LogP contribution in [0.25, 0.3) is 0 Å². The van der Waals surface area contributed by atoms with Crippen molar-refractivity contribution in [1.29, 1.82) is 0 Å². The first-order valence-corrected chi connectivity index (χ1v) is 7.99. The molecule has 4 heteroatoms. The van der Waals surface area contributed by atoms with E-state index in [4.69, 9.17) is 9.47 Å². The zero-order valence-electron chi connectivity index (χ0n) is 12.0. The van der Waals surface area contributed by atoms with Gasteiger partial charge < -0.3 is 9.47 Å². The molecule has 1 aliphatic heterocycles. The quantitative estimate of drug-likeness (QED) is 0.553. The van der Waals surface area contributed by atoms with Crippen molar-refractivity contribution in [3.05, 3.63) is 34.3 Å². The summed E-state index contributed by atoms with van der Waals surface area (Å²) < 4.78 is 12.3. The normalized spacial score (nSPS) is 25.8. The number of ether oxygens (including phenoxy) is 2. The van der Waals surface area contributed by atoms with Crippen molar-refractivity contribution in [1.82, 2.24) is 0 Å². The van der Waals surface area contributed by atoms with Crippen LogP contribution < -0.4 is 0 Å². The molecule has 0 aliphatic carbocycles. The van der Waals surface area contributed by atoms with Gasteiger partial charge in [0.15, 0.2) is 6.10 Å². The van der Waals surface area contributed by atoms with Crippen LogP contribution in [0.4, 0.5) is 0 Å².